The first-order chi connectivity index (χ1) is 8.72. The first-order valence-electron chi connectivity index (χ1n) is 5.88. The lowest BCUT2D eigenvalue weighted by Crippen LogP contribution is -2.56. The number of nitrogens with zero attached hydrogens (tertiary/aromatic N) is 1. The van der Waals surface area contributed by atoms with Crippen molar-refractivity contribution in [1.29, 1.82) is 0 Å². The molecule has 0 aromatic heterocycles. The molecule has 1 aliphatic heterocycles. The maximum absolute atomic E-state index is 11.5. The maximum atomic E-state index is 11.5. The Balaban J connectivity index is 1.88. The van der Waals surface area contributed by atoms with Crippen LogP contribution >= 0.6 is 0 Å². The average molecular weight is 249 g/mol. The molecular weight excluding hydrogens is 234 g/mol. The fraction of sp³-hybridized carbons (Fsp3) is 0.385. The van der Waals surface area contributed by atoms with Gasteiger partial charge in [0.25, 0.3) is 0 Å². The fourth-order valence-corrected chi connectivity index (χ4v) is 1.70. The molecule has 0 spiro atoms. The molecular formula is C13H15NO4. The Kier molecular flexibility index (Phi) is 3.94. The van der Waals surface area contributed by atoms with Gasteiger partial charge in [0.05, 0.1) is 13.0 Å². The summed E-state index contributed by atoms with van der Waals surface area (Å²) in [5.74, 6) is -0.603. The van der Waals surface area contributed by atoms with E-state index in [-0.39, 0.29) is 18.9 Å². The zero-order valence-corrected chi connectivity index (χ0v) is 10.2. The number of amides is 1. The summed E-state index contributed by atoms with van der Waals surface area (Å²) in [4.78, 5) is 28.2. The molecule has 0 bridgehead atoms. The molecule has 0 radical (unpaired) electrons. The summed E-state index contributed by atoms with van der Waals surface area (Å²) >= 11 is 0. The topological polar surface area (TPSA) is 55.8 Å². The van der Waals surface area contributed by atoms with Crippen LogP contribution in [-0.2, 0) is 25.8 Å². The van der Waals surface area contributed by atoms with E-state index in [2.05, 4.69) is 0 Å². The lowest BCUT2D eigenvalue weighted by molar-refractivity contribution is -0.237. The minimum absolute atomic E-state index is 0.160. The highest BCUT2D eigenvalue weighted by atomic mass is 16.7. The number of carbonyl (C=O) groups is 2. The van der Waals surface area contributed by atoms with Crippen molar-refractivity contribution in [2.75, 3.05) is 6.61 Å². The van der Waals surface area contributed by atoms with Gasteiger partial charge in [-0.2, -0.15) is 0 Å². The molecule has 1 aromatic rings. The predicted octanol–water partition coefficient (Wildman–Crippen LogP) is 1.28. The fourth-order valence-electron chi connectivity index (χ4n) is 1.70. The van der Waals surface area contributed by atoms with E-state index in [1.165, 1.54) is 0 Å². The Bertz CT molecular complexity index is 432. The van der Waals surface area contributed by atoms with E-state index in [1.807, 2.05) is 30.3 Å². The molecule has 1 saturated heterocycles. The smallest absolute Gasteiger partial charge is 0.332 e. The largest absolute Gasteiger partial charge is 0.464 e. The molecule has 5 nitrogen and oxygen atoms in total. The van der Waals surface area contributed by atoms with Gasteiger partial charge in [0.1, 0.15) is 6.61 Å². The molecule has 1 aromatic carbocycles. The lowest BCUT2D eigenvalue weighted by atomic mass is 10.1. The van der Waals surface area contributed by atoms with Crippen LogP contribution in [0, 0.1) is 0 Å². The van der Waals surface area contributed by atoms with Crippen LogP contribution in [-0.4, -0.2) is 29.6 Å². The highest BCUT2D eigenvalue weighted by molar-refractivity contribution is 5.94. The first kappa shape index (κ1) is 12.6. The zero-order chi connectivity index (χ0) is 13.0. The summed E-state index contributed by atoms with van der Waals surface area (Å²) < 4.78 is 4.86. The van der Waals surface area contributed by atoms with Gasteiger partial charge in [-0.3, -0.25) is 9.63 Å². The number of ether oxygens (including phenoxy) is 1. The van der Waals surface area contributed by atoms with E-state index < -0.39 is 12.0 Å². The minimum atomic E-state index is -0.596. The summed E-state index contributed by atoms with van der Waals surface area (Å²) in [6, 6.07) is 8.87. The first-order valence-corrected chi connectivity index (χ1v) is 5.88. The molecule has 5 heteroatoms. The summed E-state index contributed by atoms with van der Waals surface area (Å²) in [5.41, 5.74) is 0.944. The Morgan fingerprint density at radius 1 is 1.39 bits per heavy atom. The van der Waals surface area contributed by atoms with E-state index >= 15 is 0 Å². The summed E-state index contributed by atoms with van der Waals surface area (Å²) in [5, 5.41) is 1.10. The number of hydrogen-bond donors (Lipinski definition) is 0. The number of β-lactam (4-membered cyclic amide) rings is 1. The quantitative estimate of drug-likeness (QED) is 0.582. The van der Waals surface area contributed by atoms with Gasteiger partial charge in [-0.25, -0.2) is 9.86 Å². The van der Waals surface area contributed by atoms with Crippen LogP contribution in [0.15, 0.2) is 30.3 Å². The molecule has 1 unspecified atom stereocenters. The molecule has 96 valence electrons. The molecule has 0 N–H and O–H groups in total. The number of esters is 1. The van der Waals surface area contributed by atoms with E-state index in [9.17, 15) is 9.59 Å². The summed E-state index contributed by atoms with van der Waals surface area (Å²) in [6.07, 6.45) is 0.160. The third kappa shape index (κ3) is 2.68. The van der Waals surface area contributed by atoms with Gasteiger partial charge in [-0.1, -0.05) is 30.3 Å². The van der Waals surface area contributed by atoms with Gasteiger partial charge < -0.3 is 4.74 Å². The third-order valence-corrected chi connectivity index (χ3v) is 2.67. The van der Waals surface area contributed by atoms with Crippen molar-refractivity contribution in [3.63, 3.8) is 0 Å². The SMILES string of the molecule is CCOC(=O)C1CC(=O)N1OCc1ccccc1. The molecule has 2 rings (SSSR count). The van der Waals surface area contributed by atoms with Crippen LogP contribution < -0.4 is 0 Å². The molecule has 0 aliphatic carbocycles. The number of carbonyl (C=O) groups excluding carboxylic acids is 2. The van der Waals surface area contributed by atoms with Crippen LogP contribution in [0.25, 0.3) is 0 Å². The van der Waals surface area contributed by atoms with Crippen LogP contribution in [0.3, 0.4) is 0 Å². The monoisotopic (exact) mass is 249 g/mol. The van der Waals surface area contributed by atoms with Crippen molar-refractivity contribution in [1.82, 2.24) is 5.06 Å². The highest BCUT2D eigenvalue weighted by Gasteiger charge is 2.43. The second-order valence-electron chi connectivity index (χ2n) is 3.95. The van der Waals surface area contributed by atoms with Crippen LogP contribution in [0.2, 0.25) is 0 Å². The predicted molar refractivity (Wildman–Crippen MR) is 63.1 cm³/mol. The van der Waals surface area contributed by atoms with E-state index in [1.54, 1.807) is 6.92 Å². The van der Waals surface area contributed by atoms with Crippen molar-refractivity contribution in [3.05, 3.63) is 35.9 Å². The standard InChI is InChI=1S/C13H15NO4/c1-2-17-13(16)11-8-12(15)14(11)18-9-10-6-4-3-5-7-10/h3-7,11H,2,8-9H2,1H3. The number of rotatable bonds is 5. The molecule has 18 heavy (non-hydrogen) atoms. The molecule has 1 fully saturated rings. The van der Waals surface area contributed by atoms with Crippen molar-refractivity contribution in [3.8, 4) is 0 Å². The van der Waals surface area contributed by atoms with Gasteiger partial charge >= 0.3 is 5.97 Å². The molecule has 1 heterocycles. The van der Waals surface area contributed by atoms with E-state index in [4.69, 9.17) is 9.57 Å². The maximum Gasteiger partial charge on any atom is 0.332 e. The normalized spacial score (nSPS) is 18.4. The second-order valence-corrected chi connectivity index (χ2v) is 3.95. The Hall–Kier alpha value is -1.88. The molecule has 0 saturated carbocycles. The van der Waals surface area contributed by atoms with Crippen LogP contribution in [0.5, 0.6) is 0 Å². The average Bonchev–Trinajstić information content (AvgIpc) is 2.37. The lowest BCUT2D eigenvalue weighted by Gasteiger charge is -2.36. The Morgan fingerprint density at radius 2 is 2.11 bits per heavy atom. The van der Waals surface area contributed by atoms with Crippen LogP contribution in [0.4, 0.5) is 0 Å². The molecule has 1 amide bonds. The number of benzene rings is 1. The van der Waals surface area contributed by atoms with Crippen LogP contribution in [0.1, 0.15) is 18.9 Å². The van der Waals surface area contributed by atoms with Gasteiger partial charge in [0, 0.05) is 0 Å². The third-order valence-electron chi connectivity index (χ3n) is 2.67. The zero-order valence-electron chi connectivity index (χ0n) is 10.2. The van der Waals surface area contributed by atoms with Gasteiger partial charge in [-0.05, 0) is 12.5 Å². The Labute approximate surface area is 105 Å². The van der Waals surface area contributed by atoms with E-state index in [0.29, 0.717) is 6.61 Å². The molecule has 1 aliphatic rings. The molecule has 1 atom stereocenters. The van der Waals surface area contributed by atoms with Crippen molar-refractivity contribution in [2.45, 2.75) is 26.0 Å². The second kappa shape index (κ2) is 5.64. The Morgan fingerprint density at radius 3 is 2.72 bits per heavy atom. The van der Waals surface area contributed by atoms with Gasteiger partial charge in [0.15, 0.2) is 6.04 Å². The number of hydroxylamine groups is 2. The van der Waals surface area contributed by atoms with Crippen molar-refractivity contribution >= 4 is 11.9 Å². The van der Waals surface area contributed by atoms with E-state index in [0.717, 1.165) is 10.6 Å². The van der Waals surface area contributed by atoms with Gasteiger partial charge in [0.2, 0.25) is 5.91 Å². The van der Waals surface area contributed by atoms with Gasteiger partial charge in [-0.15, -0.1) is 0 Å². The van der Waals surface area contributed by atoms with Crippen molar-refractivity contribution in [2.24, 2.45) is 0 Å². The highest BCUT2D eigenvalue weighted by Crippen LogP contribution is 2.22. The number of hydrogen-bond acceptors (Lipinski definition) is 4. The summed E-state index contributed by atoms with van der Waals surface area (Å²) in [6.45, 7) is 2.30. The summed E-state index contributed by atoms with van der Waals surface area (Å²) in [7, 11) is 0. The van der Waals surface area contributed by atoms with Crippen molar-refractivity contribution < 1.29 is 19.2 Å². The minimum Gasteiger partial charge on any atom is -0.464 e.